The highest BCUT2D eigenvalue weighted by molar-refractivity contribution is 7.20. The van der Waals surface area contributed by atoms with E-state index in [-0.39, 0.29) is 11.7 Å². The molecule has 1 aromatic carbocycles. The van der Waals surface area contributed by atoms with Crippen LogP contribution in [0, 0.1) is 0 Å². The van der Waals surface area contributed by atoms with Crippen LogP contribution >= 0.6 is 11.3 Å². The number of fused-ring (bicyclic) bond motifs is 1. The maximum atomic E-state index is 12.4. The van der Waals surface area contributed by atoms with E-state index in [0.717, 1.165) is 10.1 Å². The maximum Gasteiger partial charge on any atom is 0.263 e. The number of hydrogen-bond donors (Lipinski definition) is 2. The molecular weight excluding hydrogens is 274 g/mol. The van der Waals surface area contributed by atoms with E-state index in [2.05, 4.69) is 5.16 Å². The Labute approximate surface area is 121 Å². The fourth-order valence-corrected chi connectivity index (χ4v) is 2.98. The largest absolute Gasteiger partial charge is 0.409 e. The quantitative estimate of drug-likeness (QED) is 0.384. The van der Waals surface area contributed by atoms with E-state index in [1.54, 1.807) is 4.90 Å². The highest BCUT2D eigenvalue weighted by atomic mass is 32.1. The minimum Gasteiger partial charge on any atom is -0.409 e. The first-order valence-corrected chi connectivity index (χ1v) is 7.21. The molecule has 0 aliphatic carbocycles. The number of benzene rings is 1. The zero-order valence-corrected chi connectivity index (χ0v) is 12.1. The number of amidine groups is 1. The highest BCUT2D eigenvalue weighted by Gasteiger charge is 2.17. The van der Waals surface area contributed by atoms with E-state index in [0.29, 0.717) is 24.4 Å². The summed E-state index contributed by atoms with van der Waals surface area (Å²) in [4.78, 5) is 14.9. The summed E-state index contributed by atoms with van der Waals surface area (Å²) in [5.41, 5.74) is 5.44. The number of nitrogens with zero attached hydrogens (tertiary/aromatic N) is 2. The first kappa shape index (κ1) is 14.3. The number of hydrogen-bond acceptors (Lipinski definition) is 4. The van der Waals surface area contributed by atoms with Crippen LogP contribution in [-0.2, 0) is 0 Å². The second-order valence-corrected chi connectivity index (χ2v) is 5.46. The third-order valence-corrected chi connectivity index (χ3v) is 4.18. The zero-order chi connectivity index (χ0) is 14.5. The molecule has 2 rings (SSSR count). The Morgan fingerprint density at radius 2 is 2.20 bits per heavy atom. The maximum absolute atomic E-state index is 12.4. The molecule has 0 radical (unpaired) electrons. The van der Waals surface area contributed by atoms with E-state index in [1.165, 1.54) is 11.3 Å². The van der Waals surface area contributed by atoms with Gasteiger partial charge in [0.1, 0.15) is 5.84 Å². The third-order valence-electron chi connectivity index (χ3n) is 3.07. The lowest BCUT2D eigenvalue weighted by Crippen LogP contribution is -2.33. The lowest BCUT2D eigenvalue weighted by Gasteiger charge is -2.19. The van der Waals surface area contributed by atoms with E-state index in [9.17, 15) is 4.79 Å². The van der Waals surface area contributed by atoms with Gasteiger partial charge in [0.05, 0.1) is 4.88 Å². The van der Waals surface area contributed by atoms with Crippen molar-refractivity contribution in [1.82, 2.24) is 4.90 Å². The molecule has 0 fully saturated rings. The van der Waals surface area contributed by atoms with Crippen LogP contribution < -0.4 is 5.73 Å². The van der Waals surface area contributed by atoms with Crippen molar-refractivity contribution in [3.05, 3.63) is 35.2 Å². The number of amides is 1. The van der Waals surface area contributed by atoms with Crippen LogP contribution in [0.3, 0.4) is 0 Å². The SMILES string of the molecule is CCN(CCC(N)=NO)C(=O)c1cc2ccccc2s1. The van der Waals surface area contributed by atoms with Gasteiger partial charge in [-0.3, -0.25) is 4.79 Å². The van der Waals surface area contributed by atoms with Crippen LogP contribution in [-0.4, -0.2) is 34.9 Å². The summed E-state index contributed by atoms with van der Waals surface area (Å²) in [6.07, 6.45) is 0.362. The molecule has 5 nitrogen and oxygen atoms in total. The number of carbonyl (C=O) groups excluding carboxylic acids is 1. The fraction of sp³-hybridized carbons (Fsp3) is 0.286. The molecule has 0 unspecified atom stereocenters. The first-order chi connectivity index (χ1) is 9.65. The van der Waals surface area contributed by atoms with Crippen molar-refractivity contribution in [1.29, 1.82) is 0 Å². The van der Waals surface area contributed by atoms with Crippen LogP contribution in [0.15, 0.2) is 35.5 Å². The Morgan fingerprint density at radius 1 is 1.45 bits per heavy atom. The molecule has 0 spiro atoms. The standard InChI is InChI=1S/C14H17N3O2S/c1-2-17(8-7-13(15)16-19)14(18)12-9-10-5-3-4-6-11(10)20-12/h3-6,9,19H,2,7-8H2,1H3,(H2,15,16). The van der Waals surface area contributed by atoms with Gasteiger partial charge >= 0.3 is 0 Å². The summed E-state index contributed by atoms with van der Waals surface area (Å²) in [5.74, 6) is 0.118. The van der Waals surface area contributed by atoms with Crippen molar-refractivity contribution in [2.24, 2.45) is 10.9 Å². The van der Waals surface area contributed by atoms with Gasteiger partial charge in [-0.05, 0) is 24.4 Å². The van der Waals surface area contributed by atoms with Crippen LogP contribution in [0.1, 0.15) is 23.0 Å². The summed E-state index contributed by atoms with van der Waals surface area (Å²) in [5, 5.41) is 12.5. The van der Waals surface area contributed by atoms with Crippen LogP contribution in [0.25, 0.3) is 10.1 Å². The van der Waals surface area contributed by atoms with Crippen LogP contribution in [0.2, 0.25) is 0 Å². The number of carbonyl (C=O) groups is 1. The molecule has 2 aromatic rings. The summed E-state index contributed by atoms with van der Waals surface area (Å²) < 4.78 is 1.10. The van der Waals surface area contributed by atoms with Gasteiger partial charge in [-0.25, -0.2) is 0 Å². The van der Waals surface area contributed by atoms with Crippen molar-refractivity contribution in [2.45, 2.75) is 13.3 Å². The van der Waals surface area contributed by atoms with Crippen molar-refractivity contribution in [2.75, 3.05) is 13.1 Å². The molecule has 3 N–H and O–H groups in total. The fourth-order valence-electron chi connectivity index (χ4n) is 1.95. The van der Waals surface area contributed by atoms with Crippen molar-refractivity contribution in [3.63, 3.8) is 0 Å². The molecule has 20 heavy (non-hydrogen) atoms. The molecule has 0 saturated carbocycles. The molecule has 1 heterocycles. The minimum atomic E-state index is -0.0144. The molecule has 1 aromatic heterocycles. The first-order valence-electron chi connectivity index (χ1n) is 6.40. The summed E-state index contributed by atoms with van der Waals surface area (Å²) in [6, 6.07) is 9.83. The molecule has 106 valence electrons. The summed E-state index contributed by atoms with van der Waals surface area (Å²) >= 11 is 1.49. The molecule has 0 aliphatic heterocycles. The number of rotatable bonds is 5. The van der Waals surface area contributed by atoms with Gasteiger partial charge in [0.2, 0.25) is 0 Å². The molecule has 0 bridgehead atoms. The molecule has 1 amide bonds. The van der Waals surface area contributed by atoms with E-state index < -0.39 is 0 Å². The Kier molecular flexibility index (Phi) is 4.57. The Bertz CT molecular complexity index is 603. The predicted molar refractivity (Wildman–Crippen MR) is 81.4 cm³/mol. The van der Waals surface area contributed by atoms with E-state index in [4.69, 9.17) is 10.9 Å². The monoisotopic (exact) mass is 291 g/mol. The second-order valence-electron chi connectivity index (χ2n) is 4.37. The average molecular weight is 291 g/mol. The Balaban J connectivity index is 2.15. The van der Waals surface area contributed by atoms with Gasteiger partial charge in [0.25, 0.3) is 5.91 Å². The topological polar surface area (TPSA) is 78.9 Å². The molecule has 0 atom stereocenters. The van der Waals surface area contributed by atoms with Crippen LogP contribution in [0.4, 0.5) is 0 Å². The van der Waals surface area contributed by atoms with Gasteiger partial charge in [-0.15, -0.1) is 11.3 Å². The van der Waals surface area contributed by atoms with Gasteiger partial charge < -0.3 is 15.8 Å². The van der Waals surface area contributed by atoms with Crippen LogP contribution in [0.5, 0.6) is 0 Å². The van der Waals surface area contributed by atoms with Gasteiger partial charge in [0.15, 0.2) is 0 Å². The summed E-state index contributed by atoms with van der Waals surface area (Å²) in [6.45, 7) is 2.95. The van der Waals surface area contributed by atoms with Crippen molar-refractivity contribution >= 4 is 33.2 Å². The minimum absolute atomic E-state index is 0.0144. The van der Waals surface area contributed by atoms with E-state index >= 15 is 0 Å². The van der Waals surface area contributed by atoms with Gasteiger partial charge in [-0.1, -0.05) is 23.4 Å². The van der Waals surface area contributed by atoms with Crippen molar-refractivity contribution in [3.8, 4) is 0 Å². The second kappa shape index (κ2) is 6.38. The number of nitrogens with two attached hydrogens (primary N) is 1. The molecular formula is C14H17N3O2S. The average Bonchev–Trinajstić information content (AvgIpc) is 2.91. The Morgan fingerprint density at radius 3 is 2.85 bits per heavy atom. The smallest absolute Gasteiger partial charge is 0.263 e. The van der Waals surface area contributed by atoms with Gasteiger partial charge in [0, 0.05) is 24.2 Å². The number of thiophene rings is 1. The molecule has 0 aliphatic rings. The zero-order valence-electron chi connectivity index (χ0n) is 11.2. The number of oxime groups is 1. The molecule has 6 heteroatoms. The normalized spacial score (nSPS) is 11.8. The third kappa shape index (κ3) is 3.08. The van der Waals surface area contributed by atoms with E-state index in [1.807, 2.05) is 37.3 Å². The summed E-state index contributed by atoms with van der Waals surface area (Å²) in [7, 11) is 0. The molecule has 0 saturated heterocycles. The van der Waals surface area contributed by atoms with Crippen molar-refractivity contribution < 1.29 is 10.0 Å². The highest BCUT2D eigenvalue weighted by Crippen LogP contribution is 2.26. The predicted octanol–water partition coefficient (Wildman–Crippen LogP) is 2.50. The Hall–Kier alpha value is -2.08. The lowest BCUT2D eigenvalue weighted by molar-refractivity contribution is 0.0773. The lowest BCUT2D eigenvalue weighted by atomic mass is 10.2. The van der Waals surface area contributed by atoms with Gasteiger partial charge in [-0.2, -0.15) is 0 Å².